The molecule has 2 bridgehead atoms. The van der Waals surface area contributed by atoms with Gasteiger partial charge in [-0.2, -0.15) is 0 Å². The average molecular weight is 501 g/mol. The van der Waals surface area contributed by atoms with Gasteiger partial charge in [0.2, 0.25) is 5.60 Å². The van der Waals surface area contributed by atoms with Gasteiger partial charge in [0.05, 0.1) is 19.6 Å². The van der Waals surface area contributed by atoms with Crippen LogP contribution >= 0.6 is 0 Å². The molecule has 0 aliphatic carbocycles. The molecule has 2 aromatic carbocycles. The van der Waals surface area contributed by atoms with E-state index in [4.69, 9.17) is 4.74 Å². The Kier molecular flexibility index (Phi) is 7.35. The largest absolute Gasteiger partial charge is 0.453 e. The van der Waals surface area contributed by atoms with Crippen molar-refractivity contribution in [3.8, 4) is 0 Å². The van der Waals surface area contributed by atoms with Crippen molar-refractivity contribution < 1.29 is 23.9 Å². The maximum absolute atomic E-state index is 13.7. The number of benzene rings is 2. The Bertz CT molecular complexity index is 1160. The molecule has 0 saturated carbocycles. The van der Waals surface area contributed by atoms with Crippen LogP contribution in [-0.4, -0.2) is 65.3 Å². The standard InChI is InChI=1S/C30H33N3O4/c34-28(24-12-17-31-18-13-24)32-16-7-19-33-20-14-23(15-21-33)27(22-33)37-29(35)30(36,25-8-3-1-4-9-25)26-10-5-2-6-11-26/h1-6,8-13,17-18,23,27,36H,7,14-16,19-22H2/p+1. The lowest BCUT2D eigenvalue weighted by Gasteiger charge is -2.52. The summed E-state index contributed by atoms with van der Waals surface area (Å²) in [5, 5.41) is 14.8. The molecule has 1 amide bonds. The van der Waals surface area contributed by atoms with Gasteiger partial charge >= 0.3 is 5.97 Å². The number of nitrogens with one attached hydrogen (secondary N) is 1. The van der Waals surface area contributed by atoms with E-state index in [1.807, 2.05) is 36.4 Å². The minimum atomic E-state index is -1.86. The lowest BCUT2D eigenvalue weighted by Crippen LogP contribution is -2.65. The molecular weight excluding hydrogens is 466 g/mol. The lowest BCUT2D eigenvalue weighted by atomic mass is 9.82. The number of carbonyl (C=O) groups excluding carboxylic acids is 2. The van der Waals surface area contributed by atoms with Gasteiger partial charge in [0.1, 0.15) is 6.54 Å². The van der Waals surface area contributed by atoms with Gasteiger partial charge in [0, 0.05) is 49.7 Å². The fraction of sp³-hybridized carbons (Fsp3) is 0.367. The molecule has 1 aromatic heterocycles. The van der Waals surface area contributed by atoms with E-state index in [1.54, 1.807) is 48.8 Å². The molecule has 0 spiro atoms. The van der Waals surface area contributed by atoms with E-state index in [9.17, 15) is 14.7 Å². The van der Waals surface area contributed by atoms with E-state index in [2.05, 4.69) is 10.3 Å². The van der Waals surface area contributed by atoms with Gasteiger partial charge in [-0.1, -0.05) is 60.7 Å². The molecule has 3 aromatic rings. The number of carbonyl (C=O) groups is 2. The van der Waals surface area contributed by atoms with Crippen LogP contribution in [0.25, 0.3) is 0 Å². The number of hydrogen-bond acceptors (Lipinski definition) is 5. The Morgan fingerprint density at radius 2 is 1.54 bits per heavy atom. The molecule has 1 atom stereocenters. The summed E-state index contributed by atoms with van der Waals surface area (Å²) in [6.07, 6.45) is 5.83. The van der Waals surface area contributed by atoms with Crippen LogP contribution in [-0.2, 0) is 15.1 Å². The van der Waals surface area contributed by atoms with Crippen LogP contribution in [0.3, 0.4) is 0 Å². The molecule has 7 nitrogen and oxygen atoms in total. The Balaban J connectivity index is 1.24. The number of aromatic nitrogens is 1. The zero-order valence-electron chi connectivity index (χ0n) is 21.0. The molecule has 3 aliphatic heterocycles. The van der Waals surface area contributed by atoms with Crippen LogP contribution in [0.4, 0.5) is 0 Å². The van der Waals surface area contributed by atoms with Gasteiger partial charge in [-0.05, 0) is 23.3 Å². The number of ether oxygens (including phenoxy) is 1. The van der Waals surface area contributed by atoms with Crippen LogP contribution in [0.1, 0.15) is 40.7 Å². The van der Waals surface area contributed by atoms with Gasteiger partial charge in [-0.15, -0.1) is 0 Å². The maximum atomic E-state index is 13.7. The molecule has 1 unspecified atom stereocenters. The monoisotopic (exact) mass is 500 g/mol. The van der Waals surface area contributed by atoms with E-state index >= 15 is 0 Å². The molecule has 3 fully saturated rings. The van der Waals surface area contributed by atoms with E-state index in [1.165, 1.54) is 0 Å². The second-order valence-corrected chi connectivity index (χ2v) is 10.3. The average Bonchev–Trinajstić information content (AvgIpc) is 2.96. The number of pyridine rings is 1. The van der Waals surface area contributed by atoms with Crippen molar-refractivity contribution >= 4 is 11.9 Å². The third kappa shape index (κ3) is 5.29. The Hall–Kier alpha value is -3.55. The minimum Gasteiger partial charge on any atom is -0.453 e. The zero-order chi connectivity index (χ0) is 25.7. The number of esters is 1. The summed E-state index contributed by atoms with van der Waals surface area (Å²) in [6.45, 7) is 4.36. The molecule has 7 heteroatoms. The summed E-state index contributed by atoms with van der Waals surface area (Å²) in [5.74, 6) is -0.398. The van der Waals surface area contributed by atoms with Crippen molar-refractivity contribution in [2.45, 2.75) is 31.0 Å². The highest BCUT2D eigenvalue weighted by Gasteiger charge is 2.50. The normalized spacial score (nSPS) is 22.8. The summed E-state index contributed by atoms with van der Waals surface area (Å²) >= 11 is 0. The Morgan fingerprint density at radius 1 is 0.946 bits per heavy atom. The van der Waals surface area contributed by atoms with Gasteiger partial charge in [-0.3, -0.25) is 9.78 Å². The SMILES string of the molecule is O=C(NCCC[N+]12CCC(CC1)C(OC(=O)C(O)(c1ccccc1)c1ccccc1)C2)c1ccncc1. The first kappa shape index (κ1) is 25.1. The number of piperidine rings is 3. The first-order chi connectivity index (χ1) is 18.0. The highest BCUT2D eigenvalue weighted by Crippen LogP contribution is 2.38. The number of nitrogens with zero attached hydrogens (tertiary/aromatic N) is 2. The maximum Gasteiger partial charge on any atom is 0.348 e. The molecule has 192 valence electrons. The van der Waals surface area contributed by atoms with Crippen molar-refractivity contribution in [2.24, 2.45) is 5.92 Å². The molecule has 3 saturated heterocycles. The van der Waals surface area contributed by atoms with Crippen LogP contribution in [0.15, 0.2) is 85.2 Å². The predicted molar refractivity (Wildman–Crippen MR) is 139 cm³/mol. The first-order valence-corrected chi connectivity index (χ1v) is 13.1. The molecule has 6 rings (SSSR count). The Morgan fingerprint density at radius 3 is 2.14 bits per heavy atom. The summed E-state index contributed by atoms with van der Waals surface area (Å²) in [5.41, 5.74) is -0.254. The second-order valence-electron chi connectivity index (χ2n) is 10.3. The van der Waals surface area contributed by atoms with Gasteiger partial charge < -0.3 is 19.6 Å². The Labute approximate surface area is 217 Å². The molecule has 4 heterocycles. The molecule has 37 heavy (non-hydrogen) atoms. The fourth-order valence-electron chi connectivity index (χ4n) is 5.87. The fourth-order valence-corrected chi connectivity index (χ4v) is 5.87. The number of amides is 1. The highest BCUT2D eigenvalue weighted by atomic mass is 16.6. The lowest BCUT2D eigenvalue weighted by molar-refractivity contribution is -0.946. The van der Waals surface area contributed by atoms with E-state index in [0.717, 1.165) is 49.9 Å². The smallest absolute Gasteiger partial charge is 0.348 e. The molecule has 3 aliphatic rings. The van der Waals surface area contributed by atoms with E-state index < -0.39 is 11.6 Å². The third-order valence-electron chi connectivity index (χ3n) is 8.02. The first-order valence-electron chi connectivity index (χ1n) is 13.1. The highest BCUT2D eigenvalue weighted by molar-refractivity contribution is 5.93. The number of quaternary nitrogens is 1. The van der Waals surface area contributed by atoms with Crippen molar-refractivity contribution in [3.63, 3.8) is 0 Å². The molecule has 2 N–H and O–H groups in total. The number of rotatable bonds is 9. The van der Waals surface area contributed by atoms with E-state index in [0.29, 0.717) is 29.2 Å². The van der Waals surface area contributed by atoms with Gasteiger partial charge in [0.15, 0.2) is 6.10 Å². The minimum absolute atomic E-state index is 0.0901. The second kappa shape index (κ2) is 10.8. The van der Waals surface area contributed by atoms with Gasteiger partial charge in [-0.25, -0.2) is 4.79 Å². The zero-order valence-corrected chi connectivity index (χ0v) is 21.0. The van der Waals surface area contributed by atoms with Crippen molar-refractivity contribution in [2.75, 3.05) is 32.7 Å². The topological polar surface area (TPSA) is 88.5 Å². The van der Waals surface area contributed by atoms with Crippen molar-refractivity contribution in [1.82, 2.24) is 10.3 Å². The van der Waals surface area contributed by atoms with Gasteiger partial charge in [0.25, 0.3) is 5.91 Å². The van der Waals surface area contributed by atoms with Crippen LogP contribution < -0.4 is 5.32 Å². The molecule has 0 radical (unpaired) electrons. The third-order valence-corrected chi connectivity index (χ3v) is 8.02. The summed E-state index contributed by atoms with van der Waals surface area (Å²) in [6, 6.07) is 21.5. The van der Waals surface area contributed by atoms with Crippen LogP contribution in [0.5, 0.6) is 0 Å². The van der Waals surface area contributed by atoms with Crippen molar-refractivity contribution in [3.05, 3.63) is 102 Å². The quantitative estimate of drug-likeness (QED) is 0.267. The predicted octanol–water partition coefficient (Wildman–Crippen LogP) is 3.29. The van der Waals surface area contributed by atoms with E-state index in [-0.39, 0.29) is 12.0 Å². The summed E-state index contributed by atoms with van der Waals surface area (Å²) in [7, 11) is 0. The number of fused-ring (bicyclic) bond motifs is 3. The van der Waals surface area contributed by atoms with Crippen LogP contribution in [0, 0.1) is 5.92 Å². The molecular formula is C30H34N3O4+. The summed E-state index contributed by atoms with van der Waals surface area (Å²) < 4.78 is 7.03. The number of hydrogen-bond donors (Lipinski definition) is 2. The van der Waals surface area contributed by atoms with Crippen LogP contribution in [0.2, 0.25) is 0 Å². The number of aliphatic hydroxyl groups is 1. The van der Waals surface area contributed by atoms with Crippen molar-refractivity contribution in [1.29, 1.82) is 0 Å². The summed E-state index contributed by atoms with van der Waals surface area (Å²) in [4.78, 5) is 29.9.